The first-order valence-corrected chi connectivity index (χ1v) is 19.4. The molecule has 0 saturated heterocycles. The second kappa shape index (κ2) is 13.5. The Hall–Kier alpha value is -6.55. The van der Waals surface area contributed by atoms with Gasteiger partial charge in [-0.05, 0) is 63.8 Å². The maximum Gasteiger partial charge on any atom is 0.148 e. The van der Waals surface area contributed by atoms with Crippen LogP contribution in [0.2, 0.25) is 0 Å². The number of pyridine rings is 1. The van der Waals surface area contributed by atoms with Crippen molar-refractivity contribution in [2.24, 2.45) is 0 Å². The van der Waals surface area contributed by atoms with Crippen molar-refractivity contribution in [3.8, 4) is 56.3 Å². The van der Waals surface area contributed by atoms with Gasteiger partial charge in [0.15, 0.2) is 0 Å². The Balaban J connectivity index is 0.00000408. The van der Waals surface area contributed by atoms with Gasteiger partial charge in [-0.25, -0.2) is 4.98 Å². The predicted octanol–water partition coefficient (Wildman–Crippen LogP) is 13.0. The van der Waals surface area contributed by atoms with E-state index in [1.165, 1.54) is 32.8 Å². The molecule has 0 bridgehead atoms. The Labute approximate surface area is 350 Å². The third-order valence-corrected chi connectivity index (χ3v) is 11.5. The van der Waals surface area contributed by atoms with E-state index in [4.69, 9.17) is 9.97 Å². The van der Waals surface area contributed by atoms with Crippen LogP contribution in [0, 0.1) is 6.07 Å². The van der Waals surface area contributed by atoms with Crippen molar-refractivity contribution in [3.63, 3.8) is 0 Å². The summed E-state index contributed by atoms with van der Waals surface area (Å²) in [5.41, 5.74) is 13.9. The molecule has 0 amide bonds. The Kier molecular flexibility index (Phi) is 8.37. The number of imidazole rings is 1. The minimum atomic E-state index is -0.0514. The van der Waals surface area contributed by atoms with Crippen molar-refractivity contribution in [1.29, 1.82) is 0 Å². The number of phenolic OH excluding ortho intramolecular Hbond substituents is 1. The molecule has 11 rings (SSSR count). The topological polar surface area (TPSA) is 55.4 Å². The van der Waals surface area contributed by atoms with Gasteiger partial charge < -0.3 is 9.51 Å². The fourth-order valence-electron chi connectivity index (χ4n) is 8.79. The second-order valence-corrected chi connectivity index (χ2v) is 15.9. The zero-order valence-corrected chi connectivity index (χ0v) is 34.4. The number of fused-ring (bicyclic) bond motifs is 7. The largest absolute Gasteiger partial charge is 0.507 e. The van der Waals surface area contributed by atoms with E-state index in [9.17, 15) is 5.11 Å². The number of aromatic nitrogens is 4. The number of hydrogen-bond acceptors (Lipinski definition) is 3. The molecule has 0 radical (unpaired) electrons. The number of benzene rings is 7. The van der Waals surface area contributed by atoms with Crippen LogP contribution >= 0.6 is 0 Å². The van der Waals surface area contributed by atoms with Gasteiger partial charge >= 0.3 is 0 Å². The van der Waals surface area contributed by atoms with E-state index in [1.54, 1.807) is 6.07 Å². The minimum Gasteiger partial charge on any atom is -0.507 e. The standard InChI is InChI=1S/C52H37N4O.Pt/c1-52(2,3)34-27-28-53-42(31-34)33-29-41(48-40-22-13-21-38-36-18-8-11-24-44(36)55(50(38)40)46(48)30-33)37-20-14-25-45-49(37)54-51(39-19-9-12-26-47(39)57)56(45)43-23-10-7-17-35(43)32-15-5-4-6-16-32;/h4-28,30-31,57H,1-3H3;/q-1;. The molecule has 5 nitrogen and oxygen atoms in total. The van der Waals surface area contributed by atoms with Gasteiger partial charge in [0.25, 0.3) is 0 Å². The van der Waals surface area contributed by atoms with Crippen molar-refractivity contribution in [2.75, 3.05) is 0 Å². The molecule has 0 aliphatic rings. The number of phenols is 1. The van der Waals surface area contributed by atoms with Crippen molar-refractivity contribution >= 4 is 49.1 Å². The Morgan fingerprint density at radius 1 is 0.603 bits per heavy atom. The predicted molar refractivity (Wildman–Crippen MR) is 234 cm³/mol. The number of hydrogen-bond donors (Lipinski definition) is 1. The molecule has 0 aliphatic carbocycles. The summed E-state index contributed by atoms with van der Waals surface area (Å²) in [6.45, 7) is 6.70. The molecule has 0 saturated carbocycles. The first-order valence-electron chi connectivity index (χ1n) is 19.4. The molecule has 1 N–H and O–H groups in total. The first kappa shape index (κ1) is 35.8. The smallest absolute Gasteiger partial charge is 0.148 e. The van der Waals surface area contributed by atoms with E-state index in [0.29, 0.717) is 11.4 Å². The fourth-order valence-corrected chi connectivity index (χ4v) is 8.79. The van der Waals surface area contributed by atoms with Crippen LogP contribution in [-0.2, 0) is 26.5 Å². The summed E-state index contributed by atoms with van der Waals surface area (Å²) in [4.78, 5) is 10.5. The molecule has 0 fully saturated rings. The van der Waals surface area contributed by atoms with E-state index in [0.717, 1.165) is 61.1 Å². The normalized spacial score (nSPS) is 12.0. The Morgan fingerprint density at radius 2 is 1.28 bits per heavy atom. The van der Waals surface area contributed by atoms with E-state index >= 15 is 0 Å². The molecule has 7 aromatic carbocycles. The van der Waals surface area contributed by atoms with Crippen molar-refractivity contribution < 1.29 is 26.2 Å². The summed E-state index contributed by atoms with van der Waals surface area (Å²) in [6, 6.07) is 58.6. The van der Waals surface area contributed by atoms with E-state index in [2.05, 4.69) is 163 Å². The van der Waals surface area contributed by atoms with Gasteiger partial charge in [0.05, 0.1) is 33.3 Å². The summed E-state index contributed by atoms with van der Waals surface area (Å²) in [5.74, 6) is 0.829. The quantitative estimate of drug-likeness (QED) is 0.175. The maximum absolute atomic E-state index is 11.4. The SMILES string of the molecule is CC(C)(C)c1ccnc(-c2[c-]c(-c3cccc4c3nc(-c3ccccc3O)n4-c3ccccc3-c3ccccc3)c3c4cccc5c6ccccc6n(c3c2)c54)c1.[Pt]. The van der Waals surface area contributed by atoms with Crippen LogP contribution in [0.4, 0.5) is 0 Å². The summed E-state index contributed by atoms with van der Waals surface area (Å²) < 4.78 is 4.62. The molecular weight excluding hydrogens is 892 g/mol. The van der Waals surface area contributed by atoms with Crippen molar-refractivity contribution in [1.82, 2.24) is 18.9 Å². The summed E-state index contributed by atoms with van der Waals surface area (Å²) in [6.07, 6.45) is 1.92. The van der Waals surface area contributed by atoms with Gasteiger partial charge in [-0.15, -0.1) is 11.6 Å². The van der Waals surface area contributed by atoms with Gasteiger partial charge in [0.1, 0.15) is 11.6 Å². The van der Waals surface area contributed by atoms with E-state index < -0.39 is 0 Å². The second-order valence-electron chi connectivity index (χ2n) is 15.9. The van der Waals surface area contributed by atoms with Gasteiger partial charge in [-0.1, -0.05) is 159 Å². The molecule has 4 aromatic heterocycles. The van der Waals surface area contributed by atoms with Crippen molar-refractivity contribution in [2.45, 2.75) is 26.2 Å². The maximum atomic E-state index is 11.4. The molecule has 58 heavy (non-hydrogen) atoms. The molecule has 0 aliphatic heterocycles. The van der Waals surface area contributed by atoms with Crippen LogP contribution in [0.25, 0.3) is 99.7 Å². The molecule has 0 unspecified atom stereocenters. The molecule has 11 aromatic rings. The van der Waals surface area contributed by atoms with Crippen LogP contribution < -0.4 is 0 Å². The van der Waals surface area contributed by atoms with Crippen LogP contribution in [0.3, 0.4) is 0 Å². The zero-order valence-electron chi connectivity index (χ0n) is 32.1. The van der Waals surface area contributed by atoms with Crippen LogP contribution in [-0.4, -0.2) is 24.0 Å². The fraction of sp³-hybridized carbons (Fsp3) is 0.0769. The molecular formula is C52H37N4OPt-. The molecule has 282 valence electrons. The van der Waals surface area contributed by atoms with Crippen LogP contribution in [0.15, 0.2) is 164 Å². The number of nitrogens with zero attached hydrogens (tertiary/aromatic N) is 4. The van der Waals surface area contributed by atoms with Crippen LogP contribution in [0.5, 0.6) is 5.75 Å². The summed E-state index contributed by atoms with van der Waals surface area (Å²) >= 11 is 0. The zero-order chi connectivity index (χ0) is 38.4. The third-order valence-electron chi connectivity index (χ3n) is 11.5. The number of para-hydroxylation sites is 5. The number of aromatic hydroxyl groups is 1. The van der Waals surface area contributed by atoms with Crippen molar-refractivity contribution in [3.05, 3.63) is 176 Å². The monoisotopic (exact) mass is 928 g/mol. The van der Waals surface area contributed by atoms with Crippen LogP contribution in [0.1, 0.15) is 26.3 Å². The molecule has 6 heteroatoms. The van der Waals surface area contributed by atoms with Gasteiger partial charge in [-0.2, -0.15) is 0 Å². The third kappa shape index (κ3) is 5.41. The van der Waals surface area contributed by atoms with E-state index in [1.807, 2.05) is 30.5 Å². The van der Waals surface area contributed by atoms with Gasteiger partial charge in [0.2, 0.25) is 0 Å². The Morgan fingerprint density at radius 3 is 2.10 bits per heavy atom. The average Bonchev–Trinajstić information content (AvgIpc) is 3.91. The summed E-state index contributed by atoms with van der Waals surface area (Å²) in [7, 11) is 0. The Bertz CT molecular complexity index is 3350. The molecule has 0 spiro atoms. The molecule has 0 atom stereocenters. The van der Waals surface area contributed by atoms with Gasteiger partial charge in [0, 0.05) is 49.3 Å². The van der Waals surface area contributed by atoms with Gasteiger partial charge in [-0.3, -0.25) is 9.55 Å². The number of rotatable bonds is 5. The minimum absolute atomic E-state index is 0. The van der Waals surface area contributed by atoms with E-state index in [-0.39, 0.29) is 32.2 Å². The first-order chi connectivity index (χ1) is 27.8. The summed E-state index contributed by atoms with van der Waals surface area (Å²) in [5, 5.41) is 16.1. The average molecular weight is 929 g/mol. The molecule has 4 heterocycles.